The number of hydrogen-bond acceptors (Lipinski definition) is 3. The molecule has 0 amide bonds. The van der Waals surface area contributed by atoms with Crippen LogP contribution in [0.1, 0.15) is 30.5 Å². The van der Waals surface area contributed by atoms with Crippen LogP contribution in [0.4, 0.5) is 0 Å². The van der Waals surface area contributed by atoms with E-state index in [4.69, 9.17) is 0 Å². The highest BCUT2D eigenvalue weighted by Gasteiger charge is 2.13. The molecule has 1 aliphatic rings. The molecule has 0 aliphatic carbocycles. The van der Waals surface area contributed by atoms with Crippen LogP contribution in [0.3, 0.4) is 0 Å². The first kappa shape index (κ1) is 15.5. The van der Waals surface area contributed by atoms with Gasteiger partial charge in [-0.15, -0.1) is 0 Å². The number of nitrogens with zero attached hydrogens (tertiary/aromatic N) is 2. The van der Waals surface area contributed by atoms with Crippen molar-refractivity contribution in [3.8, 4) is 0 Å². The first-order valence-corrected chi connectivity index (χ1v) is 7.73. The molecule has 1 heterocycles. The minimum atomic E-state index is 0.716. The molecule has 1 aromatic rings. The Kier molecular flexibility index (Phi) is 5.58. The SMILES string of the molecule is CC(C)CN(CCN(C)C)Cc1ccc2c(c1)CNC2. The summed E-state index contributed by atoms with van der Waals surface area (Å²) >= 11 is 0. The largest absolute Gasteiger partial charge is 0.309 e. The Hall–Kier alpha value is -0.900. The van der Waals surface area contributed by atoms with E-state index in [2.05, 4.69) is 61.3 Å². The second-order valence-electron chi connectivity index (χ2n) is 6.64. The molecule has 3 nitrogen and oxygen atoms in total. The fraction of sp³-hybridized carbons (Fsp3) is 0.647. The second-order valence-corrected chi connectivity index (χ2v) is 6.64. The molecule has 0 bridgehead atoms. The first-order chi connectivity index (χ1) is 9.54. The van der Waals surface area contributed by atoms with Gasteiger partial charge in [0, 0.05) is 39.3 Å². The molecule has 20 heavy (non-hydrogen) atoms. The van der Waals surface area contributed by atoms with Crippen molar-refractivity contribution in [2.75, 3.05) is 33.7 Å². The predicted octanol–water partition coefficient (Wildman–Crippen LogP) is 2.31. The monoisotopic (exact) mass is 275 g/mol. The van der Waals surface area contributed by atoms with E-state index < -0.39 is 0 Å². The van der Waals surface area contributed by atoms with Crippen molar-refractivity contribution >= 4 is 0 Å². The lowest BCUT2D eigenvalue weighted by Gasteiger charge is -2.26. The molecule has 0 saturated carbocycles. The summed E-state index contributed by atoms with van der Waals surface area (Å²) in [6.45, 7) is 11.2. The summed E-state index contributed by atoms with van der Waals surface area (Å²) < 4.78 is 0. The Morgan fingerprint density at radius 2 is 1.85 bits per heavy atom. The lowest BCUT2D eigenvalue weighted by molar-refractivity contribution is 0.211. The van der Waals surface area contributed by atoms with Gasteiger partial charge in [0.25, 0.3) is 0 Å². The molecule has 0 unspecified atom stereocenters. The van der Waals surface area contributed by atoms with E-state index in [1.807, 2.05) is 0 Å². The molecule has 1 aromatic carbocycles. The Morgan fingerprint density at radius 1 is 1.10 bits per heavy atom. The van der Waals surface area contributed by atoms with Gasteiger partial charge in [0.2, 0.25) is 0 Å². The van der Waals surface area contributed by atoms with Crippen molar-refractivity contribution in [1.82, 2.24) is 15.1 Å². The van der Waals surface area contributed by atoms with Gasteiger partial charge in [-0.1, -0.05) is 32.0 Å². The molecule has 0 fully saturated rings. The van der Waals surface area contributed by atoms with Gasteiger partial charge >= 0.3 is 0 Å². The Morgan fingerprint density at radius 3 is 2.55 bits per heavy atom. The quantitative estimate of drug-likeness (QED) is 0.824. The van der Waals surface area contributed by atoms with E-state index in [-0.39, 0.29) is 0 Å². The minimum Gasteiger partial charge on any atom is -0.309 e. The molecule has 1 aliphatic heterocycles. The predicted molar refractivity (Wildman–Crippen MR) is 85.7 cm³/mol. The molecule has 0 spiro atoms. The Labute approximate surface area is 124 Å². The molecule has 0 radical (unpaired) electrons. The number of fused-ring (bicyclic) bond motifs is 1. The molecular weight excluding hydrogens is 246 g/mol. The van der Waals surface area contributed by atoms with Crippen LogP contribution in [0.25, 0.3) is 0 Å². The number of hydrogen-bond donors (Lipinski definition) is 1. The van der Waals surface area contributed by atoms with Crippen LogP contribution >= 0.6 is 0 Å². The summed E-state index contributed by atoms with van der Waals surface area (Å²) in [6, 6.07) is 6.98. The maximum atomic E-state index is 3.42. The summed E-state index contributed by atoms with van der Waals surface area (Å²) in [5, 5.41) is 3.42. The van der Waals surface area contributed by atoms with E-state index in [0.717, 1.165) is 32.7 Å². The fourth-order valence-corrected chi connectivity index (χ4v) is 2.80. The van der Waals surface area contributed by atoms with E-state index in [0.29, 0.717) is 5.92 Å². The van der Waals surface area contributed by atoms with Crippen LogP contribution in [0.15, 0.2) is 18.2 Å². The minimum absolute atomic E-state index is 0.716. The lowest BCUT2D eigenvalue weighted by atomic mass is 10.1. The lowest BCUT2D eigenvalue weighted by Crippen LogP contribution is -2.34. The second kappa shape index (κ2) is 7.21. The van der Waals surface area contributed by atoms with E-state index in [9.17, 15) is 0 Å². The van der Waals surface area contributed by atoms with Crippen LogP contribution in [0, 0.1) is 5.92 Å². The van der Waals surface area contributed by atoms with Crippen molar-refractivity contribution in [3.63, 3.8) is 0 Å². The summed E-state index contributed by atoms with van der Waals surface area (Å²) in [6.07, 6.45) is 0. The average Bonchev–Trinajstić information content (AvgIpc) is 2.82. The van der Waals surface area contributed by atoms with Crippen LogP contribution < -0.4 is 5.32 Å². The number of rotatable bonds is 7. The zero-order valence-electron chi connectivity index (χ0n) is 13.4. The van der Waals surface area contributed by atoms with Crippen molar-refractivity contribution in [3.05, 3.63) is 34.9 Å². The zero-order chi connectivity index (χ0) is 14.5. The maximum Gasteiger partial charge on any atom is 0.0234 e. The fourth-order valence-electron chi connectivity index (χ4n) is 2.80. The third-order valence-electron chi connectivity index (χ3n) is 3.79. The molecule has 3 heteroatoms. The van der Waals surface area contributed by atoms with Crippen molar-refractivity contribution in [2.24, 2.45) is 5.92 Å². The summed E-state index contributed by atoms with van der Waals surface area (Å²) in [5.74, 6) is 0.716. The van der Waals surface area contributed by atoms with Crippen LogP contribution in [-0.4, -0.2) is 43.5 Å². The van der Waals surface area contributed by atoms with Gasteiger partial charge in [0.05, 0.1) is 0 Å². The molecule has 2 rings (SSSR count). The molecular formula is C17H29N3. The van der Waals surface area contributed by atoms with Crippen molar-refractivity contribution < 1.29 is 0 Å². The topological polar surface area (TPSA) is 18.5 Å². The van der Waals surface area contributed by atoms with Crippen LogP contribution in [-0.2, 0) is 19.6 Å². The molecule has 0 saturated heterocycles. The molecule has 112 valence electrons. The third kappa shape index (κ3) is 4.58. The van der Waals surface area contributed by atoms with E-state index >= 15 is 0 Å². The molecule has 1 N–H and O–H groups in total. The zero-order valence-corrected chi connectivity index (χ0v) is 13.4. The highest BCUT2D eigenvalue weighted by atomic mass is 15.2. The molecule has 0 atom stereocenters. The third-order valence-corrected chi connectivity index (χ3v) is 3.79. The highest BCUT2D eigenvalue weighted by molar-refractivity contribution is 5.34. The highest BCUT2D eigenvalue weighted by Crippen LogP contribution is 2.18. The van der Waals surface area contributed by atoms with Crippen LogP contribution in [0.2, 0.25) is 0 Å². The van der Waals surface area contributed by atoms with Crippen LogP contribution in [0.5, 0.6) is 0 Å². The van der Waals surface area contributed by atoms with Gasteiger partial charge in [-0.3, -0.25) is 4.90 Å². The van der Waals surface area contributed by atoms with Gasteiger partial charge in [0.15, 0.2) is 0 Å². The smallest absolute Gasteiger partial charge is 0.0234 e. The Balaban J connectivity index is 1.98. The standard InChI is InChI=1S/C17H29N3/c1-14(2)12-20(8-7-19(3)4)13-15-5-6-16-10-18-11-17(16)9-15/h5-6,9,14,18H,7-8,10-13H2,1-4H3. The first-order valence-electron chi connectivity index (χ1n) is 7.73. The summed E-state index contributed by atoms with van der Waals surface area (Å²) in [5.41, 5.74) is 4.41. The normalized spacial score (nSPS) is 14.6. The van der Waals surface area contributed by atoms with Gasteiger partial charge < -0.3 is 10.2 Å². The van der Waals surface area contributed by atoms with E-state index in [1.165, 1.54) is 23.2 Å². The van der Waals surface area contributed by atoms with Gasteiger partial charge in [-0.25, -0.2) is 0 Å². The number of likely N-dealkylation sites (N-methyl/N-ethyl adjacent to an activating group) is 1. The van der Waals surface area contributed by atoms with Crippen molar-refractivity contribution in [1.29, 1.82) is 0 Å². The molecule has 0 aromatic heterocycles. The van der Waals surface area contributed by atoms with Gasteiger partial charge in [0.1, 0.15) is 0 Å². The van der Waals surface area contributed by atoms with Gasteiger partial charge in [-0.05, 0) is 36.7 Å². The summed E-state index contributed by atoms with van der Waals surface area (Å²) in [4.78, 5) is 4.84. The number of nitrogens with one attached hydrogen (secondary N) is 1. The Bertz CT molecular complexity index is 426. The summed E-state index contributed by atoms with van der Waals surface area (Å²) in [7, 11) is 4.29. The van der Waals surface area contributed by atoms with E-state index in [1.54, 1.807) is 0 Å². The van der Waals surface area contributed by atoms with Gasteiger partial charge in [-0.2, -0.15) is 0 Å². The van der Waals surface area contributed by atoms with Crippen molar-refractivity contribution in [2.45, 2.75) is 33.5 Å². The number of benzene rings is 1. The maximum absolute atomic E-state index is 3.42. The average molecular weight is 275 g/mol.